The zero-order chi connectivity index (χ0) is 16.1. The summed E-state index contributed by atoms with van der Waals surface area (Å²) in [7, 11) is -3.57. The second kappa shape index (κ2) is 7.56. The van der Waals surface area contributed by atoms with Crippen LogP contribution in [0.1, 0.15) is 52.9 Å². The van der Waals surface area contributed by atoms with Crippen LogP contribution in [0.4, 0.5) is 0 Å². The van der Waals surface area contributed by atoms with Gasteiger partial charge < -0.3 is 5.11 Å². The molecule has 0 bridgehead atoms. The van der Waals surface area contributed by atoms with Crippen LogP contribution in [0.15, 0.2) is 0 Å². The maximum Gasteiger partial charge on any atom is 0.307 e. The van der Waals surface area contributed by atoms with E-state index in [0.29, 0.717) is 19.5 Å². The molecule has 1 heterocycles. The van der Waals surface area contributed by atoms with Gasteiger partial charge in [-0.05, 0) is 24.7 Å². The molecule has 21 heavy (non-hydrogen) atoms. The third-order valence-electron chi connectivity index (χ3n) is 3.63. The van der Waals surface area contributed by atoms with Crippen molar-refractivity contribution in [2.24, 2.45) is 11.3 Å². The Morgan fingerprint density at radius 2 is 1.71 bits per heavy atom. The molecule has 1 aliphatic rings. The highest BCUT2D eigenvalue weighted by atomic mass is 32.2. The fourth-order valence-electron chi connectivity index (χ4n) is 2.57. The van der Waals surface area contributed by atoms with Crippen LogP contribution in [0.3, 0.4) is 0 Å². The van der Waals surface area contributed by atoms with Crippen LogP contribution in [0.2, 0.25) is 0 Å². The molecule has 7 heteroatoms. The molecule has 0 aliphatic carbocycles. The second-order valence-electron chi connectivity index (χ2n) is 6.97. The summed E-state index contributed by atoms with van der Waals surface area (Å²) in [6, 6.07) is 0. The first-order valence-electron chi connectivity index (χ1n) is 7.59. The van der Waals surface area contributed by atoms with E-state index in [1.807, 2.05) is 20.8 Å². The smallest absolute Gasteiger partial charge is 0.307 e. The summed E-state index contributed by atoms with van der Waals surface area (Å²) in [5, 5.41) is 9.24. The monoisotopic (exact) mass is 320 g/mol. The lowest BCUT2D eigenvalue weighted by atomic mass is 9.85. The third kappa shape index (κ3) is 6.76. The van der Waals surface area contributed by atoms with Gasteiger partial charge in [-0.25, -0.2) is 4.72 Å². The molecule has 2 N–H and O–H groups in total. The van der Waals surface area contributed by atoms with Gasteiger partial charge in [0.15, 0.2) is 0 Å². The zero-order valence-corrected chi connectivity index (χ0v) is 14.1. The van der Waals surface area contributed by atoms with Crippen molar-refractivity contribution in [3.05, 3.63) is 0 Å². The highest BCUT2D eigenvalue weighted by Crippen LogP contribution is 2.24. The minimum absolute atomic E-state index is 0.0502. The van der Waals surface area contributed by atoms with E-state index in [-0.39, 0.29) is 12.0 Å². The van der Waals surface area contributed by atoms with E-state index in [1.54, 1.807) is 0 Å². The van der Waals surface area contributed by atoms with Crippen LogP contribution in [-0.2, 0) is 15.0 Å². The molecular weight excluding hydrogens is 292 g/mol. The minimum atomic E-state index is -3.57. The van der Waals surface area contributed by atoms with Crippen LogP contribution >= 0.6 is 0 Å². The topological polar surface area (TPSA) is 86.7 Å². The van der Waals surface area contributed by atoms with Gasteiger partial charge in [0.05, 0.1) is 5.92 Å². The third-order valence-corrected chi connectivity index (χ3v) is 5.20. The van der Waals surface area contributed by atoms with Gasteiger partial charge in [0.2, 0.25) is 0 Å². The van der Waals surface area contributed by atoms with Crippen molar-refractivity contribution < 1.29 is 18.3 Å². The molecule has 0 aromatic rings. The molecule has 1 atom stereocenters. The van der Waals surface area contributed by atoms with Gasteiger partial charge in [0, 0.05) is 19.6 Å². The summed E-state index contributed by atoms with van der Waals surface area (Å²) in [6.45, 7) is 6.84. The first-order valence-corrected chi connectivity index (χ1v) is 9.03. The number of carboxylic acid groups (broad SMARTS) is 1. The molecule has 0 amide bonds. The summed E-state index contributed by atoms with van der Waals surface area (Å²) >= 11 is 0. The number of hydrogen-bond donors (Lipinski definition) is 2. The first kappa shape index (κ1) is 18.4. The molecule has 1 unspecified atom stereocenters. The Bertz CT molecular complexity index is 434. The highest BCUT2D eigenvalue weighted by molar-refractivity contribution is 7.87. The van der Waals surface area contributed by atoms with Crippen LogP contribution in [0.5, 0.6) is 0 Å². The fourth-order valence-corrected chi connectivity index (χ4v) is 3.90. The lowest BCUT2D eigenvalue weighted by molar-refractivity contribution is -0.142. The average Bonchev–Trinajstić information content (AvgIpc) is 2.62. The van der Waals surface area contributed by atoms with E-state index in [1.165, 1.54) is 4.31 Å². The van der Waals surface area contributed by atoms with Crippen LogP contribution < -0.4 is 4.72 Å². The molecule has 1 fully saturated rings. The van der Waals surface area contributed by atoms with Crippen molar-refractivity contribution in [1.29, 1.82) is 0 Å². The molecule has 0 radical (unpaired) electrons. The largest absolute Gasteiger partial charge is 0.481 e. The Labute approximate surface area is 128 Å². The number of aliphatic carboxylic acids is 1. The lowest BCUT2D eigenvalue weighted by Crippen LogP contribution is -2.44. The van der Waals surface area contributed by atoms with Crippen molar-refractivity contribution in [2.45, 2.75) is 52.9 Å². The zero-order valence-electron chi connectivity index (χ0n) is 13.3. The maximum atomic E-state index is 12.3. The lowest BCUT2D eigenvalue weighted by Gasteiger charge is -2.25. The molecule has 124 valence electrons. The number of carboxylic acids is 1. The molecule has 1 aliphatic heterocycles. The second-order valence-corrected chi connectivity index (χ2v) is 8.72. The van der Waals surface area contributed by atoms with Crippen molar-refractivity contribution >= 4 is 16.2 Å². The normalized spacial score (nSPS) is 20.0. The van der Waals surface area contributed by atoms with E-state index in [0.717, 1.165) is 25.7 Å². The van der Waals surface area contributed by atoms with E-state index in [9.17, 15) is 18.3 Å². The maximum absolute atomic E-state index is 12.3. The summed E-state index contributed by atoms with van der Waals surface area (Å²) < 4.78 is 28.4. The first-order chi connectivity index (χ1) is 9.62. The predicted molar refractivity (Wildman–Crippen MR) is 82.2 cm³/mol. The van der Waals surface area contributed by atoms with Gasteiger partial charge in [-0.3, -0.25) is 4.79 Å². The quantitative estimate of drug-likeness (QED) is 0.782. The fraction of sp³-hybridized carbons (Fsp3) is 0.929. The molecule has 0 saturated carbocycles. The van der Waals surface area contributed by atoms with Crippen molar-refractivity contribution in [2.75, 3.05) is 19.6 Å². The molecule has 0 aromatic carbocycles. The van der Waals surface area contributed by atoms with Crippen molar-refractivity contribution in [1.82, 2.24) is 9.03 Å². The Morgan fingerprint density at radius 3 is 2.14 bits per heavy atom. The van der Waals surface area contributed by atoms with Crippen LogP contribution in [0, 0.1) is 11.3 Å². The predicted octanol–water partition coefficient (Wildman–Crippen LogP) is 1.83. The number of hydrogen-bond acceptors (Lipinski definition) is 3. The molecule has 6 nitrogen and oxygen atoms in total. The van der Waals surface area contributed by atoms with Gasteiger partial charge in [0.25, 0.3) is 10.2 Å². The van der Waals surface area contributed by atoms with Gasteiger partial charge >= 0.3 is 5.97 Å². The SMILES string of the molecule is CC(C)(C)CC(CNS(=O)(=O)N1CCCCCC1)C(=O)O. The van der Waals surface area contributed by atoms with E-state index in [2.05, 4.69) is 4.72 Å². The Hall–Kier alpha value is -0.660. The van der Waals surface area contributed by atoms with Gasteiger partial charge in [0.1, 0.15) is 0 Å². The molecular formula is C14H28N2O4S. The van der Waals surface area contributed by atoms with Crippen molar-refractivity contribution in [3.63, 3.8) is 0 Å². The van der Waals surface area contributed by atoms with E-state index in [4.69, 9.17) is 0 Å². The molecule has 0 spiro atoms. The average molecular weight is 320 g/mol. The number of rotatable bonds is 6. The Balaban J connectivity index is 2.62. The number of nitrogens with one attached hydrogen (secondary N) is 1. The molecule has 1 saturated heterocycles. The Morgan fingerprint density at radius 1 is 1.19 bits per heavy atom. The van der Waals surface area contributed by atoms with Crippen LogP contribution in [-0.4, -0.2) is 43.4 Å². The molecule has 0 aromatic heterocycles. The van der Waals surface area contributed by atoms with Crippen molar-refractivity contribution in [3.8, 4) is 0 Å². The summed E-state index contributed by atoms with van der Waals surface area (Å²) in [6.07, 6.45) is 4.27. The number of carbonyl (C=O) groups is 1. The minimum Gasteiger partial charge on any atom is -0.481 e. The van der Waals surface area contributed by atoms with Crippen LogP contribution in [0.25, 0.3) is 0 Å². The van der Waals surface area contributed by atoms with Gasteiger partial charge in [-0.1, -0.05) is 33.6 Å². The summed E-state index contributed by atoms with van der Waals surface area (Å²) in [5.74, 6) is -1.66. The van der Waals surface area contributed by atoms with Gasteiger partial charge in [-0.15, -0.1) is 0 Å². The Kier molecular flexibility index (Phi) is 6.62. The summed E-state index contributed by atoms with van der Waals surface area (Å²) in [5.41, 5.74) is -0.156. The van der Waals surface area contributed by atoms with E-state index >= 15 is 0 Å². The van der Waals surface area contributed by atoms with Gasteiger partial charge in [-0.2, -0.15) is 12.7 Å². The molecule has 1 rings (SSSR count). The number of nitrogens with zero attached hydrogens (tertiary/aromatic N) is 1. The standard InChI is InChI=1S/C14H28N2O4S/c1-14(2,3)10-12(13(17)18)11-15-21(19,20)16-8-6-4-5-7-9-16/h12,15H,4-11H2,1-3H3,(H,17,18). The van der Waals surface area contributed by atoms with E-state index < -0.39 is 22.1 Å². The highest BCUT2D eigenvalue weighted by Gasteiger charge is 2.28. The summed E-state index contributed by atoms with van der Waals surface area (Å²) in [4.78, 5) is 11.3.